The average molecular weight is 365 g/mol. The fourth-order valence-corrected chi connectivity index (χ4v) is 3.76. The minimum atomic E-state index is -0.399. The number of nitrogens with zero attached hydrogens (tertiary/aromatic N) is 2. The van der Waals surface area contributed by atoms with Crippen molar-refractivity contribution in [2.75, 3.05) is 0 Å². The predicted molar refractivity (Wildman–Crippen MR) is 102 cm³/mol. The number of benzene rings is 1. The number of nitrogens with one attached hydrogen (secondary N) is 1. The molecule has 0 saturated carbocycles. The molecule has 1 aromatic carbocycles. The van der Waals surface area contributed by atoms with Gasteiger partial charge in [-0.25, -0.2) is 4.98 Å². The number of aromatic nitrogens is 1. The van der Waals surface area contributed by atoms with Crippen molar-refractivity contribution in [3.63, 3.8) is 0 Å². The fraction of sp³-hybridized carbons (Fsp3) is 0.105. The number of thiazole rings is 1. The number of thiophene rings is 1. The van der Waals surface area contributed by atoms with Crippen molar-refractivity contribution in [2.45, 2.75) is 13.0 Å². The molecule has 4 nitrogen and oxygen atoms in total. The first-order chi connectivity index (χ1) is 12.2. The van der Waals surface area contributed by atoms with E-state index in [1.54, 1.807) is 11.3 Å². The summed E-state index contributed by atoms with van der Waals surface area (Å²) in [7, 11) is 0. The molecule has 1 unspecified atom stereocenters. The first kappa shape index (κ1) is 17.1. The molecule has 0 radical (unpaired) electrons. The predicted octanol–water partition coefficient (Wildman–Crippen LogP) is 4.66. The van der Waals surface area contributed by atoms with Gasteiger partial charge in [0, 0.05) is 16.3 Å². The zero-order valence-electron chi connectivity index (χ0n) is 13.5. The second-order valence-corrected chi connectivity index (χ2v) is 7.00. The number of amides is 1. The molecule has 0 spiro atoms. The summed E-state index contributed by atoms with van der Waals surface area (Å²) < 4.78 is 0. The third kappa shape index (κ3) is 4.21. The number of carbonyl (C=O) groups is 1. The van der Waals surface area contributed by atoms with Crippen LogP contribution in [-0.4, -0.2) is 10.9 Å². The summed E-state index contributed by atoms with van der Waals surface area (Å²) in [6.07, 6.45) is 1.53. The van der Waals surface area contributed by atoms with E-state index in [2.05, 4.69) is 10.3 Å². The Balaban J connectivity index is 1.74. The maximum absolute atomic E-state index is 12.4. The Labute approximate surface area is 154 Å². The first-order valence-corrected chi connectivity index (χ1v) is 9.45. The highest BCUT2D eigenvalue weighted by Crippen LogP contribution is 2.26. The molecule has 1 amide bonds. The van der Waals surface area contributed by atoms with Gasteiger partial charge in [0.25, 0.3) is 5.91 Å². The van der Waals surface area contributed by atoms with E-state index in [4.69, 9.17) is 0 Å². The first-order valence-electron chi connectivity index (χ1n) is 7.63. The summed E-state index contributed by atoms with van der Waals surface area (Å²) in [5.41, 5.74) is 2.70. The SMILES string of the molecule is CC(NC(=O)/C(C#N)=C\c1csc(-c2ccsc2)n1)c1ccccc1. The van der Waals surface area contributed by atoms with Crippen LogP contribution in [0.5, 0.6) is 0 Å². The molecular formula is C19H15N3OS2. The van der Waals surface area contributed by atoms with Crippen molar-refractivity contribution in [2.24, 2.45) is 0 Å². The summed E-state index contributed by atoms with van der Waals surface area (Å²) >= 11 is 3.10. The lowest BCUT2D eigenvalue weighted by molar-refractivity contribution is -0.117. The van der Waals surface area contributed by atoms with E-state index in [1.165, 1.54) is 17.4 Å². The van der Waals surface area contributed by atoms with Gasteiger partial charge in [-0.15, -0.1) is 11.3 Å². The molecular weight excluding hydrogens is 350 g/mol. The van der Waals surface area contributed by atoms with E-state index < -0.39 is 5.91 Å². The molecule has 0 aliphatic heterocycles. The van der Waals surface area contributed by atoms with Crippen LogP contribution in [0, 0.1) is 11.3 Å². The Morgan fingerprint density at radius 1 is 1.28 bits per heavy atom. The van der Waals surface area contributed by atoms with Crippen molar-refractivity contribution in [1.82, 2.24) is 10.3 Å². The van der Waals surface area contributed by atoms with Crippen LogP contribution in [0.2, 0.25) is 0 Å². The Hall–Kier alpha value is -2.75. The van der Waals surface area contributed by atoms with Crippen LogP contribution in [0.4, 0.5) is 0 Å². The van der Waals surface area contributed by atoms with Gasteiger partial charge in [0.05, 0.1) is 11.7 Å². The smallest absolute Gasteiger partial charge is 0.262 e. The molecule has 124 valence electrons. The van der Waals surface area contributed by atoms with Gasteiger partial charge in [-0.1, -0.05) is 30.3 Å². The molecule has 2 aromatic heterocycles. The quantitative estimate of drug-likeness (QED) is 0.528. The minimum absolute atomic E-state index is 0.0462. The van der Waals surface area contributed by atoms with Crippen LogP contribution in [-0.2, 0) is 4.79 Å². The maximum atomic E-state index is 12.4. The molecule has 0 aliphatic carbocycles. The zero-order chi connectivity index (χ0) is 17.6. The van der Waals surface area contributed by atoms with Crippen molar-refractivity contribution >= 4 is 34.7 Å². The summed E-state index contributed by atoms with van der Waals surface area (Å²) in [4.78, 5) is 16.9. The minimum Gasteiger partial charge on any atom is -0.345 e. The fourth-order valence-electron chi connectivity index (χ4n) is 2.27. The zero-order valence-corrected chi connectivity index (χ0v) is 15.1. The van der Waals surface area contributed by atoms with E-state index in [9.17, 15) is 10.1 Å². The number of hydrogen-bond acceptors (Lipinski definition) is 5. The molecule has 0 saturated heterocycles. The van der Waals surface area contributed by atoms with E-state index in [-0.39, 0.29) is 11.6 Å². The van der Waals surface area contributed by atoms with Gasteiger partial charge in [0.2, 0.25) is 0 Å². The normalized spacial score (nSPS) is 12.4. The van der Waals surface area contributed by atoms with Gasteiger partial charge < -0.3 is 5.32 Å². The van der Waals surface area contributed by atoms with Crippen LogP contribution in [0.3, 0.4) is 0 Å². The van der Waals surface area contributed by atoms with Gasteiger partial charge in [0.15, 0.2) is 0 Å². The van der Waals surface area contributed by atoms with E-state index >= 15 is 0 Å². The average Bonchev–Trinajstić information content (AvgIpc) is 3.31. The van der Waals surface area contributed by atoms with Crippen LogP contribution < -0.4 is 5.32 Å². The summed E-state index contributed by atoms with van der Waals surface area (Å²) in [6, 6.07) is 13.4. The molecule has 6 heteroatoms. The van der Waals surface area contributed by atoms with Crippen molar-refractivity contribution < 1.29 is 4.79 Å². The Morgan fingerprint density at radius 2 is 2.08 bits per heavy atom. The molecule has 3 aromatic rings. The highest BCUT2D eigenvalue weighted by Gasteiger charge is 2.14. The molecule has 1 atom stereocenters. The molecule has 3 rings (SSSR count). The van der Waals surface area contributed by atoms with Crippen molar-refractivity contribution in [3.05, 3.63) is 69.4 Å². The lowest BCUT2D eigenvalue weighted by atomic mass is 10.1. The largest absolute Gasteiger partial charge is 0.345 e. The number of rotatable bonds is 5. The molecule has 25 heavy (non-hydrogen) atoms. The highest BCUT2D eigenvalue weighted by molar-refractivity contribution is 7.14. The number of nitriles is 1. The topological polar surface area (TPSA) is 65.8 Å². The Morgan fingerprint density at radius 3 is 2.76 bits per heavy atom. The van der Waals surface area contributed by atoms with Gasteiger partial charge in [-0.2, -0.15) is 16.6 Å². The standard InChI is InChI=1S/C19H15N3OS2/c1-13(14-5-3-2-4-6-14)21-18(23)16(10-20)9-17-12-25-19(22-17)15-7-8-24-11-15/h2-9,11-13H,1H3,(H,21,23)/b16-9-. The van der Waals surface area contributed by atoms with Crippen molar-refractivity contribution in [1.29, 1.82) is 5.26 Å². The summed E-state index contributed by atoms with van der Waals surface area (Å²) in [6.45, 7) is 1.89. The number of hydrogen-bond donors (Lipinski definition) is 1. The third-order valence-electron chi connectivity index (χ3n) is 3.59. The lowest BCUT2D eigenvalue weighted by Crippen LogP contribution is -2.27. The second-order valence-electron chi connectivity index (χ2n) is 5.37. The van der Waals surface area contributed by atoms with Crippen LogP contribution in [0.1, 0.15) is 24.2 Å². The van der Waals surface area contributed by atoms with Crippen molar-refractivity contribution in [3.8, 4) is 16.6 Å². The van der Waals surface area contributed by atoms with Crippen LogP contribution >= 0.6 is 22.7 Å². The van der Waals surface area contributed by atoms with Crippen LogP contribution in [0.15, 0.2) is 58.1 Å². The van der Waals surface area contributed by atoms with Gasteiger partial charge in [-0.3, -0.25) is 4.79 Å². The molecule has 1 N–H and O–H groups in total. The molecule has 2 heterocycles. The van der Waals surface area contributed by atoms with E-state index in [1.807, 2.05) is 65.5 Å². The molecule has 0 fully saturated rings. The summed E-state index contributed by atoms with van der Waals surface area (Å²) in [5, 5.41) is 18.9. The molecule has 0 bridgehead atoms. The van der Waals surface area contributed by atoms with E-state index in [0.717, 1.165) is 16.1 Å². The monoisotopic (exact) mass is 365 g/mol. The van der Waals surface area contributed by atoms with Gasteiger partial charge >= 0.3 is 0 Å². The molecule has 0 aliphatic rings. The number of carbonyl (C=O) groups excluding carboxylic acids is 1. The van der Waals surface area contributed by atoms with Gasteiger partial charge in [0.1, 0.15) is 16.6 Å². The van der Waals surface area contributed by atoms with E-state index in [0.29, 0.717) is 5.69 Å². The summed E-state index contributed by atoms with van der Waals surface area (Å²) in [5.74, 6) is -0.399. The highest BCUT2D eigenvalue weighted by atomic mass is 32.1. The maximum Gasteiger partial charge on any atom is 0.262 e. The van der Waals surface area contributed by atoms with Gasteiger partial charge in [-0.05, 0) is 30.0 Å². The second kappa shape index (κ2) is 7.88. The Kier molecular flexibility index (Phi) is 5.39. The van der Waals surface area contributed by atoms with Crippen LogP contribution in [0.25, 0.3) is 16.6 Å². The Bertz CT molecular complexity index is 921. The lowest BCUT2D eigenvalue weighted by Gasteiger charge is -2.13. The third-order valence-corrected chi connectivity index (χ3v) is 5.19.